The molecule has 4 aromatic rings. The molecule has 13 heteroatoms. The van der Waals surface area contributed by atoms with Gasteiger partial charge in [0.1, 0.15) is 11.6 Å². The van der Waals surface area contributed by atoms with Crippen LogP contribution < -0.4 is 4.72 Å². The Kier molecular flexibility index (Phi) is 7.55. The van der Waals surface area contributed by atoms with Gasteiger partial charge in [0.25, 0.3) is 0 Å². The van der Waals surface area contributed by atoms with E-state index in [1.54, 1.807) is 36.4 Å². The highest BCUT2D eigenvalue weighted by Gasteiger charge is 2.32. The zero-order valence-corrected chi connectivity index (χ0v) is 21.5. The van der Waals surface area contributed by atoms with Gasteiger partial charge < -0.3 is 0 Å². The average molecular weight is 586 g/mol. The van der Waals surface area contributed by atoms with E-state index in [4.69, 9.17) is 34.8 Å². The van der Waals surface area contributed by atoms with Crippen LogP contribution in [0.5, 0.6) is 0 Å². The Balaban J connectivity index is 1.79. The first kappa shape index (κ1) is 27.0. The summed E-state index contributed by atoms with van der Waals surface area (Å²) in [6.45, 7) is -0.486. The van der Waals surface area contributed by atoms with E-state index in [-0.39, 0.29) is 16.3 Å². The summed E-state index contributed by atoms with van der Waals surface area (Å²) in [4.78, 5) is -0.584. The van der Waals surface area contributed by atoms with Gasteiger partial charge in [0.05, 0.1) is 39.1 Å². The summed E-state index contributed by atoms with van der Waals surface area (Å²) in [5, 5.41) is 15.4. The van der Waals surface area contributed by atoms with Crippen LogP contribution in [0.3, 0.4) is 0 Å². The minimum absolute atomic E-state index is 0.0222. The van der Waals surface area contributed by atoms with Crippen molar-refractivity contribution in [3.05, 3.63) is 98.6 Å². The highest BCUT2D eigenvalue weighted by Crippen LogP contribution is 2.34. The number of sulfonamides is 1. The predicted molar refractivity (Wildman–Crippen MR) is 134 cm³/mol. The maximum absolute atomic E-state index is 13.1. The maximum Gasteiger partial charge on any atom is 0.416 e. The molecule has 0 amide bonds. The first-order valence-corrected chi connectivity index (χ1v) is 12.9. The van der Waals surface area contributed by atoms with Gasteiger partial charge in [0.2, 0.25) is 10.0 Å². The molecular formula is C24H14Cl3F3N4O2S. The molecule has 0 unspecified atom stereocenters. The molecule has 1 heterocycles. The quantitative estimate of drug-likeness (QED) is 0.268. The van der Waals surface area contributed by atoms with E-state index in [0.29, 0.717) is 33.1 Å². The predicted octanol–water partition coefficient (Wildman–Crippen LogP) is 6.87. The Morgan fingerprint density at radius 3 is 2.27 bits per heavy atom. The van der Waals surface area contributed by atoms with Gasteiger partial charge in [0, 0.05) is 15.6 Å². The van der Waals surface area contributed by atoms with Crippen molar-refractivity contribution >= 4 is 44.8 Å². The second-order valence-corrected chi connectivity index (χ2v) is 10.7. The van der Waals surface area contributed by atoms with Crippen molar-refractivity contribution in [2.45, 2.75) is 17.6 Å². The lowest BCUT2D eigenvalue weighted by Gasteiger charge is -2.10. The Hall–Kier alpha value is -3.07. The van der Waals surface area contributed by atoms with Gasteiger partial charge in [-0.25, -0.2) is 17.8 Å². The third-order valence-electron chi connectivity index (χ3n) is 5.23. The molecule has 1 aromatic heterocycles. The minimum Gasteiger partial charge on any atom is -0.230 e. The molecule has 0 fully saturated rings. The number of rotatable bonds is 6. The first-order chi connectivity index (χ1) is 17.4. The van der Waals surface area contributed by atoms with Crippen LogP contribution in [-0.4, -0.2) is 18.2 Å². The molecule has 0 saturated heterocycles. The summed E-state index contributed by atoms with van der Waals surface area (Å²) in [7, 11) is -4.39. The summed E-state index contributed by atoms with van der Waals surface area (Å²) >= 11 is 18.4. The van der Waals surface area contributed by atoms with Gasteiger partial charge >= 0.3 is 6.18 Å². The highest BCUT2D eigenvalue weighted by molar-refractivity contribution is 7.89. The summed E-state index contributed by atoms with van der Waals surface area (Å²) < 4.78 is 68.4. The molecule has 0 aliphatic rings. The maximum atomic E-state index is 13.1. The average Bonchev–Trinajstić information content (AvgIpc) is 3.21. The van der Waals surface area contributed by atoms with Gasteiger partial charge in [-0.15, -0.1) is 0 Å². The standard InChI is InChI=1S/C24H14Cl3F3N4O2S/c25-16-6-4-14(5-7-16)23-19(12-31)21(33-34(23)22-9-8-17(26)11-20(22)27)13-32-37(35,36)18-3-1-2-15(10-18)24(28,29)30/h1-11,32H,13H2. The van der Waals surface area contributed by atoms with Crippen molar-refractivity contribution in [3.63, 3.8) is 0 Å². The van der Waals surface area contributed by atoms with Gasteiger partial charge in [0.15, 0.2) is 0 Å². The number of nitriles is 1. The van der Waals surface area contributed by atoms with E-state index in [1.807, 2.05) is 6.07 Å². The summed E-state index contributed by atoms with van der Waals surface area (Å²) in [6.07, 6.45) is -4.72. The fourth-order valence-corrected chi connectivity index (χ4v) is 5.14. The molecule has 6 nitrogen and oxygen atoms in total. The molecule has 37 heavy (non-hydrogen) atoms. The summed E-state index contributed by atoms with van der Waals surface area (Å²) in [5.74, 6) is 0. The molecule has 190 valence electrons. The van der Waals surface area contributed by atoms with Crippen LogP contribution in [0, 0.1) is 11.3 Å². The molecule has 0 aliphatic carbocycles. The molecule has 0 atom stereocenters. The van der Waals surface area contributed by atoms with Crippen LogP contribution in [0.2, 0.25) is 15.1 Å². The van der Waals surface area contributed by atoms with Crippen molar-refractivity contribution in [1.29, 1.82) is 5.26 Å². The van der Waals surface area contributed by atoms with Crippen LogP contribution >= 0.6 is 34.8 Å². The normalized spacial score (nSPS) is 11.9. The number of aromatic nitrogens is 2. The number of halogens is 6. The second kappa shape index (κ2) is 10.4. The van der Waals surface area contributed by atoms with Crippen molar-refractivity contribution in [3.8, 4) is 23.0 Å². The van der Waals surface area contributed by atoms with Crippen molar-refractivity contribution < 1.29 is 21.6 Å². The van der Waals surface area contributed by atoms with Crippen LogP contribution in [0.4, 0.5) is 13.2 Å². The number of benzene rings is 3. The van der Waals surface area contributed by atoms with Gasteiger partial charge in [-0.3, -0.25) is 0 Å². The Morgan fingerprint density at radius 2 is 1.65 bits per heavy atom. The zero-order chi connectivity index (χ0) is 27.0. The van der Waals surface area contributed by atoms with E-state index in [0.717, 1.165) is 18.2 Å². The Morgan fingerprint density at radius 1 is 0.973 bits per heavy atom. The van der Waals surface area contributed by atoms with Crippen LogP contribution in [0.25, 0.3) is 16.9 Å². The molecule has 1 N–H and O–H groups in total. The fraction of sp³-hybridized carbons (Fsp3) is 0.0833. The van der Waals surface area contributed by atoms with Crippen LogP contribution in [-0.2, 0) is 22.7 Å². The van der Waals surface area contributed by atoms with E-state index in [9.17, 15) is 26.9 Å². The number of nitrogens with one attached hydrogen (secondary N) is 1. The SMILES string of the molecule is N#Cc1c(CNS(=O)(=O)c2cccc(C(F)(F)F)c2)nn(-c2ccc(Cl)cc2Cl)c1-c1ccc(Cl)cc1. The Labute approximate surface area is 224 Å². The lowest BCUT2D eigenvalue weighted by atomic mass is 10.1. The molecular weight excluding hydrogens is 572 g/mol. The van der Waals surface area contributed by atoms with Gasteiger partial charge in [-0.1, -0.05) is 53.0 Å². The number of nitrogens with zero attached hydrogens (tertiary/aromatic N) is 3. The van der Waals surface area contributed by atoms with E-state index in [2.05, 4.69) is 9.82 Å². The minimum atomic E-state index is -4.72. The highest BCUT2D eigenvalue weighted by atomic mass is 35.5. The molecule has 3 aromatic carbocycles. The van der Waals surface area contributed by atoms with Crippen LogP contribution in [0.15, 0.2) is 71.6 Å². The first-order valence-electron chi connectivity index (χ1n) is 10.3. The van der Waals surface area contributed by atoms with E-state index >= 15 is 0 Å². The van der Waals surface area contributed by atoms with E-state index < -0.39 is 33.2 Å². The molecule has 0 bridgehead atoms. The third-order valence-corrected chi connectivity index (χ3v) is 7.42. The molecule has 4 rings (SSSR count). The van der Waals surface area contributed by atoms with E-state index in [1.165, 1.54) is 10.7 Å². The Bertz CT molecular complexity index is 1630. The number of alkyl halides is 3. The zero-order valence-electron chi connectivity index (χ0n) is 18.4. The summed E-state index contributed by atoms with van der Waals surface area (Å²) in [6, 6.07) is 16.5. The molecule has 0 spiro atoms. The monoisotopic (exact) mass is 584 g/mol. The number of hydrogen-bond donors (Lipinski definition) is 1. The lowest BCUT2D eigenvalue weighted by Crippen LogP contribution is -2.24. The van der Waals surface area contributed by atoms with Crippen molar-refractivity contribution in [2.75, 3.05) is 0 Å². The topological polar surface area (TPSA) is 87.8 Å². The molecule has 0 aliphatic heterocycles. The largest absolute Gasteiger partial charge is 0.416 e. The van der Waals surface area contributed by atoms with Crippen LogP contribution in [0.1, 0.15) is 16.8 Å². The van der Waals surface area contributed by atoms with Crippen molar-refractivity contribution in [2.24, 2.45) is 0 Å². The number of hydrogen-bond acceptors (Lipinski definition) is 4. The summed E-state index contributed by atoms with van der Waals surface area (Å²) in [5.41, 5.74) is 0.136. The van der Waals surface area contributed by atoms with Gasteiger partial charge in [-0.05, 0) is 48.5 Å². The lowest BCUT2D eigenvalue weighted by molar-refractivity contribution is -0.137. The van der Waals surface area contributed by atoms with Crippen molar-refractivity contribution in [1.82, 2.24) is 14.5 Å². The smallest absolute Gasteiger partial charge is 0.230 e. The fourth-order valence-electron chi connectivity index (χ4n) is 3.49. The third kappa shape index (κ3) is 5.76. The molecule has 0 saturated carbocycles. The molecule has 0 radical (unpaired) electrons. The van der Waals surface area contributed by atoms with Gasteiger partial charge in [-0.2, -0.15) is 23.5 Å². The second-order valence-electron chi connectivity index (χ2n) is 7.65.